The van der Waals surface area contributed by atoms with Crippen LogP contribution in [0.5, 0.6) is 0 Å². The molecule has 9 heteroatoms. The van der Waals surface area contributed by atoms with E-state index in [0.29, 0.717) is 23.6 Å². The minimum absolute atomic E-state index is 0.0196. The van der Waals surface area contributed by atoms with Crippen LogP contribution in [0.15, 0.2) is 12.7 Å². The minimum atomic E-state index is -1.35. The lowest BCUT2D eigenvalue weighted by atomic mass is 10.2. The quantitative estimate of drug-likeness (QED) is 0.480. The summed E-state index contributed by atoms with van der Waals surface area (Å²) in [7, 11) is -1.35. The Morgan fingerprint density at radius 2 is 2.12 bits per heavy atom. The summed E-state index contributed by atoms with van der Waals surface area (Å²) in [5.41, 5.74) is 7.11. The normalized spacial score (nSPS) is 21.5. The molecule has 3 rings (SSSR count). The number of fused-ring (bicyclic) bond motifs is 1. The lowest BCUT2D eigenvalue weighted by Gasteiger charge is -2.17. The Morgan fingerprint density at radius 3 is 2.96 bits per heavy atom. The first-order valence-corrected chi connectivity index (χ1v) is 10.8. The highest BCUT2D eigenvalue weighted by atomic mass is 31.2. The van der Waals surface area contributed by atoms with Gasteiger partial charge in [0.25, 0.3) is 0 Å². The lowest BCUT2D eigenvalue weighted by Crippen LogP contribution is -2.16. The molecule has 0 aliphatic carbocycles. The average molecular weight is 381 g/mol. The van der Waals surface area contributed by atoms with Gasteiger partial charge >= 0.3 is 0 Å². The first kappa shape index (κ1) is 19.4. The van der Waals surface area contributed by atoms with Crippen molar-refractivity contribution in [2.75, 3.05) is 18.5 Å². The highest BCUT2D eigenvalue weighted by molar-refractivity contribution is 7.46. The van der Waals surface area contributed by atoms with Crippen LogP contribution in [-0.4, -0.2) is 43.3 Å². The molecule has 3 N–H and O–H groups in total. The summed E-state index contributed by atoms with van der Waals surface area (Å²) in [6.45, 7) is 2.63. The van der Waals surface area contributed by atoms with Crippen molar-refractivity contribution in [3.05, 3.63) is 12.7 Å². The molecule has 2 aromatic heterocycles. The van der Waals surface area contributed by atoms with E-state index in [4.69, 9.17) is 15.0 Å². The zero-order valence-corrected chi connectivity index (χ0v) is 16.1. The molecule has 8 nitrogen and oxygen atoms in total. The van der Waals surface area contributed by atoms with E-state index in [-0.39, 0.29) is 12.3 Å². The molecule has 0 aromatic carbocycles. The van der Waals surface area contributed by atoms with Crippen LogP contribution >= 0.6 is 8.38 Å². The minimum Gasteiger partial charge on any atom is -0.382 e. The Hall–Kier alpha value is -1.34. The Kier molecular flexibility index (Phi) is 7.14. The van der Waals surface area contributed by atoms with E-state index in [1.54, 1.807) is 6.33 Å². The van der Waals surface area contributed by atoms with Crippen molar-refractivity contribution in [3.63, 3.8) is 0 Å². The highest BCUT2D eigenvalue weighted by Gasteiger charge is 2.29. The fourth-order valence-corrected chi connectivity index (χ4v) is 4.14. The van der Waals surface area contributed by atoms with Crippen molar-refractivity contribution in [1.82, 2.24) is 19.5 Å². The fraction of sp³-hybridized carbons (Fsp3) is 0.706. The molecule has 1 saturated heterocycles. The number of hydrogen-bond acceptors (Lipinski definition) is 7. The van der Waals surface area contributed by atoms with Crippen molar-refractivity contribution >= 4 is 25.4 Å². The Morgan fingerprint density at radius 1 is 1.27 bits per heavy atom. The SMILES string of the molecule is CCCCCCCP(O)OCC1CCC(n2cnc3c(N)ncnc32)O1. The van der Waals surface area contributed by atoms with Gasteiger partial charge in [0.1, 0.15) is 18.1 Å². The van der Waals surface area contributed by atoms with Crippen molar-refractivity contribution in [3.8, 4) is 0 Å². The maximum atomic E-state index is 10.0. The number of imidazole rings is 1. The summed E-state index contributed by atoms with van der Waals surface area (Å²) in [5, 5.41) is 0. The number of ether oxygens (including phenoxy) is 1. The van der Waals surface area contributed by atoms with Crippen LogP contribution in [-0.2, 0) is 9.26 Å². The summed E-state index contributed by atoms with van der Waals surface area (Å²) in [6, 6.07) is 0. The molecule has 1 aliphatic rings. The molecule has 0 radical (unpaired) electrons. The van der Waals surface area contributed by atoms with Gasteiger partial charge in [0.15, 0.2) is 19.8 Å². The van der Waals surface area contributed by atoms with Crippen LogP contribution in [0.25, 0.3) is 11.2 Å². The third-order valence-electron chi connectivity index (χ3n) is 4.64. The third kappa shape index (κ3) is 4.88. The lowest BCUT2D eigenvalue weighted by molar-refractivity contribution is -0.0156. The monoisotopic (exact) mass is 381 g/mol. The van der Waals surface area contributed by atoms with E-state index >= 15 is 0 Å². The molecular weight excluding hydrogens is 353 g/mol. The summed E-state index contributed by atoms with van der Waals surface area (Å²) in [5.74, 6) is 0.372. The number of anilines is 1. The standard InChI is InChI=1S/C17H28N5O3P/c1-2-3-4-5-6-9-26(23)24-10-13-7-8-14(25-13)22-12-21-15-16(18)19-11-20-17(15)22/h11-14,23H,2-10H2,1H3,(H2,18,19,20). The van der Waals surface area contributed by atoms with Gasteiger partial charge in [0.2, 0.25) is 0 Å². The van der Waals surface area contributed by atoms with Gasteiger partial charge in [0, 0.05) is 6.16 Å². The van der Waals surface area contributed by atoms with Gasteiger partial charge in [0.05, 0.1) is 19.0 Å². The highest BCUT2D eigenvalue weighted by Crippen LogP contribution is 2.36. The van der Waals surface area contributed by atoms with Crippen molar-refractivity contribution < 1.29 is 14.2 Å². The summed E-state index contributed by atoms with van der Waals surface area (Å²) >= 11 is 0. The Balaban J connectivity index is 1.43. The Labute approximate surface area is 155 Å². The van der Waals surface area contributed by atoms with Crippen LogP contribution in [0.3, 0.4) is 0 Å². The van der Waals surface area contributed by atoms with Gasteiger partial charge in [-0.1, -0.05) is 32.6 Å². The first-order chi connectivity index (χ1) is 12.7. The fourth-order valence-electron chi connectivity index (χ4n) is 3.18. The topological polar surface area (TPSA) is 108 Å². The van der Waals surface area contributed by atoms with Crippen molar-refractivity contribution in [2.24, 2.45) is 0 Å². The zero-order valence-electron chi connectivity index (χ0n) is 15.3. The summed E-state index contributed by atoms with van der Waals surface area (Å²) in [6.07, 6.45) is 11.4. The van der Waals surface area contributed by atoms with Crippen LogP contribution < -0.4 is 5.73 Å². The second-order valence-electron chi connectivity index (χ2n) is 6.66. The van der Waals surface area contributed by atoms with Crippen LogP contribution in [0.1, 0.15) is 58.1 Å². The number of nitrogens with zero attached hydrogens (tertiary/aromatic N) is 4. The number of nitrogens with two attached hydrogens (primary N) is 1. The maximum absolute atomic E-state index is 10.0. The van der Waals surface area contributed by atoms with Crippen LogP contribution in [0.2, 0.25) is 0 Å². The number of aromatic nitrogens is 4. The predicted octanol–water partition coefficient (Wildman–Crippen LogP) is 3.38. The van der Waals surface area contributed by atoms with Gasteiger partial charge in [-0.2, -0.15) is 0 Å². The van der Waals surface area contributed by atoms with E-state index < -0.39 is 8.38 Å². The molecule has 1 fully saturated rings. The molecule has 144 valence electrons. The van der Waals surface area contributed by atoms with Crippen LogP contribution in [0, 0.1) is 0 Å². The van der Waals surface area contributed by atoms with Gasteiger partial charge in [-0.05, 0) is 19.3 Å². The van der Waals surface area contributed by atoms with E-state index in [1.165, 1.54) is 25.6 Å². The van der Waals surface area contributed by atoms with Gasteiger partial charge < -0.3 is 19.9 Å². The average Bonchev–Trinajstić information content (AvgIpc) is 3.27. The molecule has 3 unspecified atom stereocenters. The van der Waals surface area contributed by atoms with Gasteiger partial charge in [-0.25, -0.2) is 15.0 Å². The van der Waals surface area contributed by atoms with Crippen molar-refractivity contribution in [1.29, 1.82) is 0 Å². The summed E-state index contributed by atoms with van der Waals surface area (Å²) in [4.78, 5) is 22.5. The van der Waals surface area contributed by atoms with E-state index in [9.17, 15) is 4.89 Å². The van der Waals surface area contributed by atoms with Gasteiger partial charge in [-0.15, -0.1) is 0 Å². The van der Waals surface area contributed by atoms with Crippen LogP contribution in [0.4, 0.5) is 5.82 Å². The predicted molar refractivity (Wildman–Crippen MR) is 102 cm³/mol. The zero-order chi connectivity index (χ0) is 18.4. The smallest absolute Gasteiger partial charge is 0.167 e. The van der Waals surface area contributed by atoms with Crippen molar-refractivity contribution in [2.45, 2.75) is 64.2 Å². The molecule has 0 bridgehead atoms. The van der Waals surface area contributed by atoms with E-state index in [2.05, 4.69) is 21.9 Å². The number of unbranched alkanes of at least 4 members (excludes halogenated alkanes) is 4. The molecule has 0 amide bonds. The molecular formula is C17H28N5O3P. The molecule has 1 aliphatic heterocycles. The molecule has 2 aromatic rings. The molecule has 0 spiro atoms. The molecule has 3 heterocycles. The first-order valence-electron chi connectivity index (χ1n) is 9.36. The molecule has 0 saturated carbocycles. The second-order valence-corrected chi connectivity index (χ2v) is 8.07. The molecule has 26 heavy (non-hydrogen) atoms. The second kappa shape index (κ2) is 9.55. The number of hydrogen-bond donors (Lipinski definition) is 2. The summed E-state index contributed by atoms with van der Waals surface area (Å²) < 4.78 is 13.6. The van der Waals surface area contributed by atoms with E-state index in [1.807, 2.05) is 4.57 Å². The number of rotatable bonds is 10. The largest absolute Gasteiger partial charge is 0.382 e. The van der Waals surface area contributed by atoms with Gasteiger partial charge in [-0.3, -0.25) is 4.57 Å². The third-order valence-corrected chi connectivity index (χ3v) is 5.79. The maximum Gasteiger partial charge on any atom is 0.167 e. The molecule has 3 atom stereocenters. The van der Waals surface area contributed by atoms with E-state index in [0.717, 1.165) is 31.8 Å². The Bertz CT molecular complexity index is 698. The number of nitrogen functional groups attached to an aromatic ring is 1.